The molecule has 1 aliphatic heterocycles. The summed E-state index contributed by atoms with van der Waals surface area (Å²) in [7, 11) is 0. The standard InChI is InChI=1S/C17H20O6/c1-12(18)20-11-16-15(22-13(2)19)8-9-17(23-16)21-10-14-6-4-3-5-7-14/h3-9,15-17H,10-11H2,1-2H3/t15-,16-,17?/m1/s1. The van der Waals surface area contributed by atoms with Crippen LogP contribution in [0.3, 0.4) is 0 Å². The molecule has 0 N–H and O–H groups in total. The summed E-state index contributed by atoms with van der Waals surface area (Å²) in [6, 6.07) is 9.68. The lowest BCUT2D eigenvalue weighted by molar-refractivity contribution is -0.200. The van der Waals surface area contributed by atoms with Gasteiger partial charge in [-0.25, -0.2) is 0 Å². The number of ether oxygens (including phenoxy) is 4. The third kappa shape index (κ3) is 5.84. The van der Waals surface area contributed by atoms with Crippen molar-refractivity contribution in [2.45, 2.75) is 39.0 Å². The summed E-state index contributed by atoms with van der Waals surface area (Å²) in [5, 5.41) is 0. The van der Waals surface area contributed by atoms with Gasteiger partial charge in [0.1, 0.15) is 18.8 Å². The normalized spacial score (nSPS) is 23.3. The van der Waals surface area contributed by atoms with Gasteiger partial charge in [-0.3, -0.25) is 9.59 Å². The van der Waals surface area contributed by atoms with Crippen molar-refractivity contribution in [1.29, 1.82) is 0 Å². The Kier molecular flexibility index (Phi) is 6.31. The maximum Gasteiger partial charge on any atom is 0.303 e. The molecule has 0 bridgehead atoms. The topological polar surface area (TPSA) is 71.1 Å². The van der Waals surface area contributed by atoms with E-state index in [1.54, 1.807) is 12.2 Å². The molecule has 1 aromatic rings. The highest BCUT2D eigenvalue weighted by molar-refractivity contribution is 5.66. The van der Waals surface area contributed by atoms with E-state index in [9.17, 15) is 9.59 Å². The summed E-state index contributed by atoms with van der Waals surface area (Å²) in [5.74, 6) is -0.855. The first-order chi connectivity index (χ1) is 11.0. The zero-order valence-electron chi connectivity index (χ0n) is 13.1. The van der Waals surface area contributed by atoms with Crippen molar-refractivity contribution in [3.05, 3.63) is 48.0 Å². The Morgan fingerprint density at radius 3 is 2.48 bits per heavy atom. The van der Waals surface area contributed by atoms with E-state index >= 15 is 0 Å². The quantitative estimate of drug-likeness (QED) is 0.589. The van der Waals surface area contributed by atoms with Crippen molar-refractivity contribution in [3.8, 4) is 0 Å². The number of benzene rings is 1. The molecule has 6 nitrogen and oxygen atoms in total. The van der Waals surface area contributed by atoms with E-state index in [1.165, 1.54) is 13.8 Å². The third-order valence-corrected chi connectivity index (χ3v) is 3.14. The van der Waals surface area contributed by atoms with Crippen molar-refractivity contribution in [2.75, 3.05) is 6.61 Å². The average molecular weight is 320 g/mol. The summed E-state index contributed by atoms with van der Waals surface area (Å²) < 4.78 is 21.5. The average Bonchev–Trinajstić information content (AvgIpc) is 2.53. The zero-order chi connectivity index (χ0) is 16.7. The van der Waals surface area contributed by atoms with Gasteiger partial charge >= 0.3 is 11.9 Å². The molecule has 0 spiro atoms. The van der Waals surface area contributed by atoms with Gasteiger partial charge < -0.3 is 18.9 Å². The Bertz CT molecular complexity index is 553. The van der Waals surface area contributed by atoms with E-state index in [1.807, 2.05) is 30.3 Å². The summed E-state index contributed by atoms with van der Waals surface area (Å²) in [5.41, 5.74) is 1.02. The predicted octanol–water partition coefficient (Wildman–Crippen LogP) is 1.98. The number of esters is 2. The molecular weight excluding hydrogens is 300 g/mol. The van der Waals surface area contributed by atoms with Gasteiger partial charge in [0.05, 0.1) is 6.61 Å². The number of hydrogen-bond donors (Lipinski definition) is 0. The fourth-order valence-electron chi connectivity index (χ4n) is 2.11. The summed E-state index contributed by atoms with van der Waals surface area (Å²) in [6.45, 7) is 2.99. The molecule has 23 heavy (non-hydrogen) atoms. The zero-order valence-corrected chi connectivity index (χ0v) is 13.1. The van der Waals surface area contributed by atoms with Crippen LogP contribution in [0, 0.1) is 0 Å². The van der Waals surface area contributed by atoms with Crippen molar-refractivity contribution < 1.29 is 28.5 Å². The lowest BCUT2D eigenvalue weighted by Crippen LogP contribution is -2.42. The van der Waals surface area contributed by atoms with Crippen LogP contribution in [0.5, 0.6) is 0 Å². The summed E-state index contributed by atoms with van der Waals surface area (Å²) in [6.07, 6.45) is 1.56. The molecule has 0 saturated carbocycles. The van der Waals surface area contributed by atoms with Crippen LogP contribution in [-0.2, 0) is 35.1 Å². The number of rotatable bonds is 6. The molecule has 1 aliphatic rings. The number of carbonyl (C=O) groups excluding carboxylic acids is 2. The van der Waals surface area contributed by atoms with Gasteiger partial charge in [0, 0.05) is 13.8 Å². The van der Waals surface area contributed by atoms with Crippen LogP contribution < -0.4 is 0 Å². The van der Waals surface area contributed by atoms with Gasteiger partial charge in [0.15, 0.2) is 6.29 Å². The van der Waals surface area contributed by atoms with E-state index in [2.05, 4.69) is 0 Å². The Labute approximate surface area is 135 Å². The van der Waals surface area contributed by atoms with E-state index in [-0.39, 0.29) is 6.61 Å². The Morgan fingerprint density at radius 2 is 1.83 bits per heavy atom. The molecule has 2 rings (SSSR count). The molecule has 1 unspecified atom stereocenters. The van der Waals surface area contributed by atoms with Crippen LogP contribution in [0.2, 0.25) is 0 Å². The largest absolute Gasteiger partial charge is 0.463 e. The third-order valence-electron chi connectivity index (χ3n) is 3.14. The highest BCUT2D eigenvalue weighted by Crippen LogP contribution is 2.19. The smallest absolute Gasteiger partial charge is 0.303 e. The molecule has 0 amide bonds. The molecule has 6 heteroatoms. The van der Waals surface area contributed by atoms with Crippen LogP contribution in [0.1, 0.15) is 19.4 Å². The summed E-state index contributed by atoms with van der Waals surface area (Å²) >= 11 is 0. The van der Waals surface area contributed by atoms with Crippen molar-refractivity contribution in [3.63, 3.8) is 0 Å². The molecule has 0 aliphatic carbocycles. The molecule has 1 aromatic carbocycles. The van der Waals surface area contributed by atoms with Crippen molar-refractivity contribution in [2.24, 2.45) is 0 Å². The van der Waals surface area contributed by atoms with Gasteiger partial charge in [-0.15, -0.1) is 0 Å². The molecule has 0 aromatic heterocycles. The van der Waals surface area contributed by atoms with Gasteiger partial charge in [0.25, 0.3) is 0 Å². The molecule has 0 saturated heterocycles. The first kappa shape index (κ1) is 17.2. The minimum absolute atomic E-state index is 0.0111. The van der Waals surface area contributed by atoms with Crippen LogP contribution in [-0.4, -0.2) is 37.0 Å². The molecule has 124 valence electrons. The Balaban J connectivity index is 1.94. The van der Waals surface area contributed by atoms with E-state index in [0.29, 0.717) is 6.61 Å². The monoisotopic (exact) mass is 320 g/mol. The fraction of sp³-hybridized carbons (Fsp3) is 0.412. The molecular formula is C17H20O6. The highest BCUT2D eigenvalue weighted by Gasteiger charge is 2.31. The van der Waals surface area contributed by atoms with Crippen LogP contribution >= 0.6 is 0 Å². The minimum Gasteiger partial charge on any atom is -0.463 e. The van der Waals surface area contributed by atoms with Crippen LogP contribution in [0.25, 0.3) is 0 Å². The van der Waals surface area contributed by atoms with Gasteiger partial charge in [-0.05, 0) is 17.7 Å². The highest BCUT2D eigenvalue weighted by atomic mass is 16.7. The predicted molar refractivity (Wildman–Crippen MR) is 81.2 cm³/mol. The van der Waals surface area contributed by atoms with E-state index in [0.717, 1.165) is 5.56 Å². The van der Waals surface area contributed by atoms with E-state index in [4.69, 9.17) is 18.9 Å². The lowest BCUT2D eigenvalue weighted by atomic mass is 10.1. The minimum atomic E-state index is -0.608. The summed E-state index contributed by atoms with van der Waals surface area (Å²) in [4.78, 5) is 22.1. The maximum atomic E-state index is 11.1. The second kappa shape index (κ2) is 8.45. The maximum absolute atomic E-state index is 11.1. The lowest BCUT2D eigenvalue weighted by Gasteiger charge is -2.31. The first-order valence-corrected chi connectivity index (χ1v) is 7.34. The van der Waals surface area contributed by atoms with Crippen LogP contribution in [0.15, 0.2) is 42.5 Å². The SMILES string of the molecule is CC(=O)OC[C@H]1OC(OCc2ccccc2)C=C[C@H]1OC(C)=O. The van der Waals surface area contributed by atoms with Crippen molar-refractivity contribution in [1.82, 2.24) is 0 Å². The first-order valence-electron chi connectivity index (χ1n) is 7.34. The van der Waals surface area contributed by atoms with Crippen LogP contribution in [0.4, 0.5) is 0 Å². The Hall–Kier alpha value is -2.18. The number of hydrogen-bond acceptors (Lipinski definition) is 6. The second-order valence-electron chi connectivity index (χ2n) is 5.10. The Morgan fingerprint density at radius 1 is 1.09 bits per heavy atom. The van der Waals surface area contributed by atoms with Gasteiger partial charge in [0.2, 0.25) is 0 Å². The molecule has 1 heterocycles. The van der Waals surface area contributed by atoms with E-state index < -0.39 is 30.4 Å². The molecule has 0 fully saturated rings. The molecule has 0 radical (unpaired) electrons. The van der Waals surface area contributed by atoms with Crippen molar-refractivity contribution >= 4 is 11.9 Å². The number of carbonyl (C=O) groups is 2. The second-order valence-corrected chi connectivity index (χ2v) is 5.10. The molecule has 3 atom stereocenters. The fourth-order valence-corrected chi connectivity index (χ4v) is 2.11. The van der Waals surface area contributed by atoms with Gasteiger partial charge in [-0.1, -0.05) is 30.3 Å². The van der Waals surface area contributed by atoms with Gasteiger partial charge in [-0.2, -0.15) is 0 Å².